The van der Waals surface area contributed by atoms with Crippen LogP contribution in [0.1, 0.15) is 43.3 Å². The Morgan fingerprint density at radius 2 is 1.90 bits per heavy atom. The summed E-state index contributed by atoms with van der Waals surface area (Å²) in [4.78, 5) is 11.8. The summed E-state index contributed by atoms with van der Waals surface area (Å²) in [5, 5.41) is 3.38. The number of hydrogen-bond acceptors (Lipinski definition) is 4. The first-order chi connectivity index (χ1) is 9.38. The third-order valence-corrected chi connectivity index (χ3v) is 4.51. The topological polar surface area (TPSA) is 37.8 Å². The number of nitrogens with zero attached hydrogens (tertiary/aromatic N) is 2. The molecule has 0 bridgehead atoms. The lowest BCUT2D eigenvalue weighted by atomic mass is 9.96. The van der Waals surface area contributed by atoms with Gasteiger partial charge in [-0.1, -0.05) is 27.7 Å². The summed E-state index contributed by atoms with van der Waals surface area (Å²) in [6, 6.07) is 6.29. The molecule has 2 rings (SSSR count). The predicted molar refractivity (Wildman–Crippen MR) is 89.5 cm³/mol. The molecular formula is C15H20BrN3S. The van der Waals surface area contributed by atoms with E-state index in [0.717, 1.165) is 29.2 Å². The molecule has 0 atom stereocenters. The molecule has 2 aromatic heterocycles. The van der Waals surface area contributed by atoms with Crippen molar-refractivity contribution in [2.75, 3.05) is 5.32 Å². The Balaban J connectivity index is 2.11. The molecule has 0 saturated heterocycles. The summed E-state index contributed by atoms with van der Waals surface area (Å²) < 4.78 is 0.820. The number of hydrogen-bond donors (Lipinski definition) is 1. The third kappa shape index (κ3) is 4.03. The Kier molecular flexibility index (Phi) is 4.81. The Morgan fingerprint density at radius 3 is 2.50 bits per heavy atom. The number of aromatic nitrogens is 2. The normalized spacial score (nSPS) is 11.7. The van der Waals surface area contributed by atoms with Crippen molar-refractivity contribution in [1.82, 2.24) is 9.97 Å². The average Bonchev–Trinajstić information content (AvgIpc) is 2.82. The van der Waals surface area contributed by atoms with Crippen LogP contribution in [0.5, 0.6) is 0 Å². The van der Waals surface area contributed by atoms with Gasteiger partial charge in [-0.3, -0.25) is 0 Å². The van der Waals surface area contributed by atoms with E-state index in [4.69, 9.17) is 0 Å². The zero-order valence-corrected chi connectivity index (χ0v) is 14.7. The highest BCUT2D eigenvalue weighted by atomic mass is 79.9. The maximum atomic E-state index is 4.60. The van der Waals surface area contributed by atoms with Crippen LogP contribution in [-0.4, -0.2) is 9.97 Å². The maximum absolute atomic E-state index is 4.60. The Morgan fingerprint density at radius 1 is 1.20 bits per heavy atom. The van der Waals surface area contributed by atoms with E-state index in [-0.39, 0.29) is 5.41 Å². The highest BCUT2D eigenvalue weighted by molar-refractivity contribution is 9.10. The van der Waals surface area contributed by atoms with Gasteiger partial charge < -0.3 is 5.32 Å². The van der Waals surface area contributed by atoms with E-state index in [2.05, 4.69) is 71.0 Å². The van der Waals surface area contributed by atoms with E-state index in [1.54, 1.807) is 0 Å². The lowest BCUT2D eigenvalue weighted by Crippen LogP contribution is -2.17. The summed E-state index contributed by atoms with van der Waals surface area (Å²) >= 11 is 5.31. The van der Waals surface area contributed by atoms with Crippen molar-refractivity contribution in [2.45, 2.75) is 46.1 Å². The highest BCUT2D eigenvalue weighted by Gasteiger charge is 2.18. The van der Waals surface area contributed by atoms with E-state index in [9.17, 15) is 0 Å². The van der Waals surface area contributed by atoms with Crippen LogP contribution >= 0.6 is 27.3 Å². The molecule has 0 aliphatic rings. The number of anilines is 1. The standard InChI is InChI=1S/C15H20BrN3S/c1-5-10-6-7-11(20-10)9-17-13-8-12(16)18-14(19-13)15(2,3)4/h6-8H,5,9H2,1-4H3,(H,17,18,19). The molecule has 2 heterocycles. The number of halogens is 1. The van der Waals surface area contributed by atoms with Gasteiger partial charge >= 0.3 is 0 Å². The van der Waals surface area contributed by atoms with Gasteiger partial charge in [-0.15, -0.1) is 11.3 Å². The van der Waals surface area contributed by atoms with Crippen LogP contribution in [-0.2, 0) is 18.4 Å². The van der Waals surface area contributed by atoms with Crippen molar-refractivity contribution in [3.05, 3.63) is 38.4 Å². The summed E-state index contributed by atoms with van der Waals surface area (Å²) in [6.07, 6.45) is 1.10. The monoisotopic (exact) mass is 353 g/mol. The van der Waals surface area contributed by atoms with Crippen molar-refractivity contribution < 1.29 is 0 Å². The molecule has 5 heteroatoms. The molecule has 0 spiro atoms. The Hall–Kier alpha value is -0.940. The van der Waals surface area contributed by atoms with Crippen molar-refractivity contribution in [3.63, 3.8) is 0 Å². The average molecular weight is 354 g/mol. The van der Waals surface area contributed by atoms with E-state index in [1.807, 2.05) is 17.4 Å². The fourth-order valence-electron chi connectivity index (χ4n) is 1.73. The second kappa shape index (κ2) is 6.22. The van der Waals surface area contributed by atoms with Crippen LogP contribution in [0.15, 0.2) is 22.8 Å². The largest absolute Gasteiger partial charge is 0.365 e. The minimum absolute atomic E-state index is 0.0570. The van der Waals surface area contributed by atoms with E-state index in [1.165, 1.54) is 9.75 Å². The van der Waals surface area contributed by atoms with Gasteiger partial charge in [0.15, 0.2) is 0 Å². The van der Waals surface area contributed by atoms with E-state index in [0.29, 0.717) is 0 Å². The van der Waals surface area contributed by atoms with E-state index < -0.39 is 0 Å². The maximum Gasteiger partial charge on any atom is 0.137 e. The van der Waals surface area contributed by atoms with Crippen molar-refractivity contribution in [3.8, 4) is 0 Å². The van der Waals surface area contributed by atoms with Crippen LogP contribution in [0.4, 0.5) is 5.82 Å². The molecular weight excluding hydrogens is 334 g/mol. The van der Waals surface area contributed by atoms with Gasteiger partial charge in [0.2, 0.25) is 0 Å². The molecule has 0 aliphatic carbocycles. The lowest BCUT2D eigenvalue weighted by molar-refractivity contribution is 0.544. The minimum Gasteiger partial charge on any atom is -0.365 e. The molecule has 0 fully saturated rings. The molecule has 2 aromatic rings. The van der Waals surface area contributed by atoms with Crippen molar-refractivity contribution in [1.29, 1.82) is 0 Å². The summed E-state index contributed by atoms with van der Waals surface area (Å²) in [7, 11) is 0. The smallest absolute Gasteiger partial charge is 0.137 e. The summed E-state index contributed by atoms with van der Waals surface area (Å²) in [5.74, 6) is 1.71. The van der Waals surface area contributed by atoms with E-state index >= 15 is 0 Å². The molecule has 0 radical (unpaired) electrons. The Bertz CT molecular complexity index is 587. The molecule has 0 amide bonds. The number of rotatable bonds is 4. The highest BCUT2D eigenvalue weighted by Crippen LogP contribution is 2.23. The minimum atomic E-state index is -0.0570. The van der Waals surface area contributed by atoms with Gasteiger partial charge in [0.1, 0.15) is 16.2 Å². The fourth-order valence-corrected chi connectivity index (χ4v) is 3.01. The number of nitrogens with one attached hydrogen (secondary N) is 1. The summed E-state index contributed by atoms with van der Waals surface area (Å²) in [5.41, 5.74) is -0.0570. The van der Waals surface area contributed by atoms with Crippen molar-refractivity contribution >= 4 is 33.1 Å². The lowest BCUT2D eigenvalue weighted by Gasteiger charge is -2.17. The second-order valence-corrected chi connectivity index (χ2v) is 7.79. The first-order valence-corrected chi connectivity index (χ1v) is 8.36. The van der Waals surface area contributed by atoms with Gasteiger partial charge in [-0.2, -0.15) is 0 Å². The van der Waals surface area contributed by atoms with Crippen LogP contribution in [0.25, 0.3) is 0 Å². The Labute approximate surface area is 133 Å². The SMILES string of the molecule is CCc1ccc(CNc2cc(Br)nc(C(C)(C)C)n2)s1. The number of aryl methyl sites for hydroxylation is 1. The molecule has 1 N–H and O–H groups in total. The first kappa shape index (κ1) is 15.4. The van der Waals surface area contributed by atoms with Gasteiger partial charge in [-0.05, 0) is 34.5 Å². The zero-order chi connectivity index (χ0) is 14.8. The molecule has 0 aliphatic heterocycles. The molecule has 0 saturated carbocycles. The third-order valence-electron chi connectivity index (χ3n) is 2.88. The molecule has 0 aromatic carbocycles. The predicted octanol–water partition coefficient (Wildman–Crippen LogP) is 4.77. The molecule has 108 valence electrons. The fraction of sp³-hybridized carbons (Fsp3) is 0.467. The zero-order valence-electron chi connectivity index (χ0n) is 12.3. The quantitative estimate of drug-likeness (QED) is 0.804. The van der Waals surface area contributed by atoms with Gasteiger partial charge in [-0.25, -0.2) is 9.97 Å². The second-order valence-electron chi connectivity index (χ2n) is 5.72. The van der Waals surface area contributed by atoms with Crippen LogP contribution in [0.3, 0.4) is 0 Å². The first-order valence-electron chi connectivity index (χ1n) is 6.75. The molecule has 20 heavy (non-hydrogen) atoms. The molecule has 3 nitrogen and oxygen atoms in total. The van der Waals surface area contributed by atoms with Crippen LogP contribution in [0.2, 0.25) is 0 Å². The molecule has 0 unspecified atom stereocenters. The van der Waals surface area contributed by atoms with Gasteiger partial charge in [0.25, 0.3) is 0 Å². The summed E-state index contributed by atoms with van der Waals surface area (Å²) in [6.45, 7) is 9.33. The van der Waals surface area contributed by atoms with Crippen LogP contribution in [0, 0.1) is 0 Å². The van der Waals surface area contributed by atoms with Crippen LogP contribution < -0.4 is 5.32 Å². The van der Waals surface area contributed by atoms with Gasteiger partial charge in [0.05, 0.1) is 6.54 Å². The number of thiophene rings is 1. The van der Waals surface area contributed by atoms with Crippen molar-refractivity contribution in [2.24, 2.45) is 0 Å². The van der Waals surface area contributed by atoms with Gasteiger partial charge in [0, 0.05) is 21.2 Å².